The Bertz CT molecular complexity index is 976. The molecule has 26 heavy (non-hydrogen) atoms. The van der Waals surface area contributed by atoms with Gasteiger partial charge in [-0.05, 0) is 11.6 Å². The first-order valence-electron chi connectivity index (χ1n) is 8.76. The quantitative estimate of drug-likeness (QED) is 0.714. The second-order valence-electron chi connectivity index (χ2n) is 6.92. The number of nitrogens with zero attached hydrogens (tertiary/aromatic N) is 5. The van der Waals surface area contributed by atoms with Crippen molar-refractivity contribution in [2.75, 3.05) is 0 Å². The summed E-state index contributed by atoms with van der Waals surface area (Å²) < 4.78 is 1.61. The monoisotopic (exact) mass is 347 g/mol. The molecular weight excluding hydrogens is 326 g/mol. The first-order valence-corrected chi connectivity index (χ1v) is 8.76. The fourth-order valence-electron chi connectivity index (χ4n) is 3.29. The summed E-state index contributed by atoms with van der Waals surface area (Å²) in [5, 5.41) is 4.12. The van der Waals surface area contributed by atoms with Crippen molar-refractivity contribution in [3.05, 3.63) is 65.4 Å². The van der Waals surface area contributed by atoms with Gasteiger partial charge in [0.25, 0.3) is 5.91 Å². The lowest BCUT2D eigenvalue weighted by atomic mass is 10.0. The third-order valence-electron chi connectivity index (χ3n) is 4.72. The van der Waals surface area contributed by atoms with Gasteiger partial charge in [-0.15, -0.1) is 0 Å². The van der Waals surface area contributed by atoms with Crippen molar-refractivity contribution in [2.45, 2.75) is 32.9 Å². The lowest BCUT2D eigenvalue weighted by Crippen LogP contribution is -2.31. The minimum atomic E-state index is -0.0411. The second kappa shape index (κ2) is 6.37. The van der Waals surface area contributed by atoms with Crippen LogP contribution in [0.2, 0.25) is 0 Å². The molecule has 3 aromatic rings. The minimum Gasteiger partial charge on any atom is -0.329 e. The number of benzene rings is 1. The highest BCUT2D eigenvalue weighted by molar-refractivity contribution is 5.93. The maximum Gasteiger partial charge on any atom is 0.272 e. The van der Waals surface area contributed by atoms with E-state index in [-0.39, 0.29) is 11.8 Å². The van der Waals surface area contributed by atoms with Crippen LogP contribution in [-0.2, 0) is 20.1 Å². The minimum absolute atomic E-state index is 0.0411. The standard InChI is InChI=1S/C20H21N5O/c1-13(2)19-21-10-15-12-25(20(26)17-8-9-22-24(17)3)11-14-6-4-5-7-16(14)18(15)23-19/h4-10,13H,11-12H2,1-3H3. The van der Waals surface area contributed by atoms with E-state index in [4.69, 9.17) is 4.98 Å². The molecule has 0 unspecified atom stereocenters. The molecule has 0 bridgehead atoms. The Hall–Kier alpha value is -3.02. The molecule has 0 fully saturated rings. The van der Waals surface area contributed by atoms with Crippen molar-refractivity contribution >= 4 is 5.91 Å². The fourth-order valence-corrected chi connectivity index (χ4v) is 3.29. The number of carbonyl (C=O) groups is 1. The van der Waals surface area contributed by atoms with Crippen molar-refractivity contribution in [3.8, 4) is 11.3 Å². The Morgan fingerprint density at radius 2 is 1.88 bits per heavy atom. The zero-order chi connectivity index (χ0) is 18.3. The van der Waals surface area contributed by atoms with Crippen molar-refractivity contribution in [1.82, 2.24) is 24.6 Å². The second-order valence-corrected chi connectivity index (χ2v) is 6.92. The number of rotatable bonds is 2. The van der Waals surface area contributed by atoms with Crippen LogP contribution in [0, 0.1) is 0 Å². The van der Waals surface area contributed by atoms with Crippen LogP contribution in [0.3, 0.4) is 0 Å². The number of amides is 1. The summed E-state index contributed by atoms with van der Waals surface area (Å²) >= 11 is 0. The van der Waals surface area contributed by atoms with Crippen LogP contribution in [0.5, 0.6) is 0 Å². The van der Waals surface area contributed by atoms with Gasteiger partial charge in [-0.1, -0.05) is 38.1 Å². The Balaban J connectivity index is 1.82. The van der Waals surface area contributed by atoms with Crippen LogP contribution in [0.15, 0.2) is 42.7 Å². The van der Waals surface area contributed by atoms with Crippen molar-refractivity contribution in [3.63, 3.8) is 0 Å². The van der Waals surface area contributed by atoms with Crippen LogP contribution in [0.1, 0.15) is 47.2 Å². The molecule has 0 N–H and O–H groups in total. The average Bonchev–Trinajstić information content (AvgIpc) is 2.99. The van der Waals surface area contributed by atoms with Gasteiger partial charge >= 0.3 is 0 Å². The first kappa shape index (κ1) is 16.4. The first-order chi connectivity index (χ1) is 12.5. The highest BCUT2D eigenvalue weighted by Gasteiger charge is 2.26. The third kappa shape index (κ3) is 2.77. The van der Waals surface area contributed by atoms with E-state index in [2.05, 4.69) is 36.1 Å². The Morgan fingerprint density at radius 3 is 2.62 bits per heavy atom. The van der Waals surface area contributed by atoms with Crippen molar-refractivity contribution < 1.29 is 4.79 Å². The molecule has 1 amide bonds. The highest BCUT2D eigenvalue weighted by atomic mass is 16.2. The number of aryl methyl sites for hydroxylation is 1. The van der Waals surface area contributed by atoms with Gasteiger partial charge in [-0.25, -0.2) is 9.97 Å². The molecule has 0 aliphatic carbocycles. The molecule has 0 saturated heterocycles. The summed E-state index contributed by atoms with van der Waals surface area (Å²) in [6, 6.07) is 9.90. The van der Waals surface area contributed by atoms with E-state index in [0.717, 1.165) is 28.2 Å². The van der Waals surface area contributed by atoms with Gasteiger partial charge in [0.15, 0.2) is 0 Å². The van der Waals surface area contributed by atoms with Crippen molar-refractivity contribution in [2.24, 2.45) is 7.05 Å². The molecule has 0 atom stereocenters. The molecule has 0 saturated carbocycles. The molecule has 6 heteroatoms. The average molecular weight is 347 g/mol. The van der Waals surface area contributed by atoms with E-state index < -0.39 is 0 Å². The molecule has 0 radical (unpaired) electrons. The van der Waals surface area contributed by atoms with E-state index in [1.165, 1.54) is 0 Å². The SMILES string of the molecule is CC(C)c1ncc2c(n1)-c1ccccc1CN(C(=O)c1ccnn1C)C2. The predicted molar refractivity (Wildman–Crippen MR) is 98.3 cm³/mol. The van der Waals surface area contributed by atoms with Gasteiger partial charge < -0.3 is 4.90 Å². The smallest absolute Gasteiger partial charge is 0.272 e. The largest absolute Gasteiger partial charge is 0.329 e. The van der Waals surface area contributed by atoms with E-state index >= 15 is 0 Å². The Kier molecular flexibility index (Phi) is 4.03. The number of hydrogen-bond donors (Lipinski definition) is 0. The predicted octanol–water partition coefficient (Wildman–Crippen LogP) is 3.16. The summed E-state index contributed by atoms with van der Waals surface area (Å²) in [6.45, 7) is 5.19. The van der Waals surface area contributed by atoms with Gasteiger partial charge in [0.05, 0.1) is 12.2 Å². The molecule has 6 nitrogen and oxygen atoms in total. The molecule has 0 spiro atoms. The van der Waals surface area contributed by atoms with Gasteiger partial charge in [0, 0.05) is 43.0 Å². The van der Waals surface area contributed by atoms with Gasteiger partial charge in [0.1, 0.15) is 11.5 Å². The van der Waals surface area contributed by atoms with E-state index in [9.17, 15) is 4.79 Å². The van der Waals surface area contributed by atoms with Gasteiger partial charge in [-0.2, -0.15) is 5.10 Å². The molecule has 4 rings (SSSR count). The summed E-state index contributed by atoms with van der Waals surface area (Å²) in [7, 11) is 1.78. The molecule has 1 aliphatic rings. The summed E-state index contributed by atoms with van der Waals surface area (Å²) in [5.41, 5.74) is 4.64. The fraction of sp³-hybridized carbons (Fsp3) is 0.300. The normalized spacial score (nSPS) is 13.3. The van der Waals surface area contributed by atoms with Gasteiger partial charge in [-0.3, -0.25) is 9.48 Å². The van der Waals surface area contributed by atoms with E-state index in [1.54, 1.807) is 24.0 Å². The maximum absolute atomic E-state index is 13.1. The summed E-state index contributed by atoms with van der Waals surface area (Å²) in [6.07, 6.45) is 3.51. The molecule has 132 valence electrons. The van der Waals surface area contributed by atoms with E-state index in [1.807, 2.05) is 23.2 Å². The number of carbonyl (C=O) groups excluding carboxylic acids is 1. The molecule has 3 heterocycles. The molecule has 2 aromatic heterocycles. The zero-order valence-corrected chi connectivity index (χ0v) is 15.2. The maximum atomic E-state index is 13.1. The topological polar surface area (TPSA) is 63.9 Å². The molecular formula is C20H21N5O. The van der Waals surface area contributed by atoms with Crippen LogP contribution in [0.4, 0.5) is 0 Å². The van der Waals surface area contributed by atoms with Crippen LogP contribution in [-0.4, -0.2) is 30.6 Å². The Morgan fingerprint density at radius 1 is 1.12 bits per heavy atom. The summed E-state index contributed by atoms with van der Waals surface area (Å²) in [5.74, 6) is 1.04. The highest BCUT2D eigenvalue weighted by Crippen LogP contribution is 2.32. The number of fused-ring (bicyclic) bond motifs is 3. The van der Waals surface area contributed by atoms with Crippen LogP contribution >= 0.6 is 0 Å². The summed E-state index contributed by atoms with van der Waals surface area (Å²) in [4.78, 5) is 24.2. The van der Waals surface area contributed by atoms with Crippen LogP contribution in [0.25, 0.3) is 11.3 Å². The van der Waals surface area contributed by atoms with Crippen molar-refractivity contribution in [1.29, 1.82) is 0 Å². The third-order valence-corrected chi connectivity index (χ3v) is 4.72. The number of aromatic nitrogens is 4. The number of hydrogen-bond acceptors (Lipinski definition) is 4. The van der Waals surface area contributed by atoms with E-state index in [0.29, 0.717) is 18.8 Å². The van der Waals surface area contributed by atoms with Gasteiger partial charge in [0.2, 0.25) is 0 Å². The lowest BCUT2D eigenvalue weighted by Gasteiger charge is -2.21. The molecule has 1 aliphatic heterocycles. The zero-order valence-electron chi connectivity index (χ0n) is 15.2. The lowest BCUT2D eigenvalue weighted by molar-refractivity contribution is 0.0721. The molecule has 1 aromatic carbocycles. The van der Waals surface area contributed by atoms with Crippen LogP contribution < -0.4 is 0 Å². The Labute approximate surface area is 152 Å².